The molecular weight excluding hydrogens is 234 g/mol. The van der Waals surface area contributed by atoms with Crippen LogP contribution < -0.4 is 0 Å². The third-order valence-electron chi connectivity index (χ3n) is 2.18. The molecule has 19 heavy (non-hydrogen) atoms. The van der Waals surface area contributed by atoms with Gasteiger partial charge in [0.1, 0.15) is 5.58 Å². The van der Waals surface area contributed by atoms with E-state index in [4.69, 9.17) is 4.42 Å². The number of furan rings is 1. The molecule has 3 aromatic rings. The predicted molar refractivity (Wildman–Crippen MR) is 85.6 cm³/mol. The van der Waals surface area contributed by atoms with Gasteiger partial charge in [0.25, 0.3) is 0 Å². The minimum absolute atomic E-state index is 0.851. The highest BCUT2D eigenvalue weighted by atomic mass is 16.3. The molecule has 0 aliphatic rings. The molecule has 104 valence electrons. The maximum absolute atomic E-state index is 5.59. The molecule has 0 spiro atoms. The number of rotatable bonds is 0. The van der Waals surface area contributed by atoms with Crippen molar-refractivity contribution in [3.05, 3.63) is 42.7 Å². The smallest absolute Gasteiger partial charge is 0.153 e. The number of fused-ring (bicyclic) bond motifs is 3. The molecule has 0 amide bonds. The Hall–Kier alpha value is -1.83. The van der Waals surface area contributed by atoms with E-state index in [2.05, 4.69) is 11.1 Å². The van der Waals surface area contributed by atoms with E-state index in [1.165, 1.54) is 0 Å². The van der Waals surface area contributed by atoms with Crippen molar-refractivity contribution in [2.24, 2.45) is 0 Å². The minimum atomic E-state index is 0.851. The summed E-state index contributed by atoms with van der Waals surface area (Å²) in [6, 6.07) is 9.98. The predicted octanol–water partition coefficient (Wildman–Crippen LogP) is 6.06. The molecule has 0 N–H and O–H groups in total. The van der Waals surface area contributed by atoms with Gasteiger partial charge in [-0.1, -0.05) is 59.7 Å². The molecule has 0 atom stereocenters. The van der Waals surface area contributed by atoms with E-state index in [-0.39, 0.29) is 0 Å². The molecule has 2 heteroatoms. The van der Waals surface area contributed by atoms with Gasteiger partial charge in [0, 0.05) is 17.0 Å². The minimum Gasteiger partial charge on any atom is -0.454 e. The molecule has 0 saturated carbocycles. The Kier molecular flexibility index (Phi) is 9.15. The first-order valence-corrected chi connectivity index (χ1v) is 7.16. The van der Waals surface area contributed by atoms with Gasteiger partial charge in [0.2, 0.25) is 0 Å². The Labute approximate surface area is 116 Å². The average Bonchev–Trinajstić information content (AvgIpc) is 2.92. The summed E-state index contributed by atoms with van der Waals surface area (Å²) in [7, 11) is 0. The maximum Gasteiger partial charge on any atom is 0.153 e. The zero-order chi connectivity index (χ0) is 14.7. The van der Waals surface area contributed by atoms with E-state index >= 15 is 0 Å². The molecule has 2 aromatic heterocycles. The first-order chi connectivity index (χ1) is 9.45. The fourth-order valence-electron chi connectivity index (χ4n) is 1.58. The van der Waals surface area contributed by atoms with Crippen LogP contribution in [0.2, 0.25) is 0 Å². The van der Waals surface area contributed by atoms with Gasteiger partial charge < -0.3 is 4.42 Å². The first-order valence-electron chi connectivity index (χ1n) is 7.16. The van der Waals surface area contributed by atoms with Crippen molar-refractivity contribution in [3.63, 3.8) is 0 Å². The van der Waals surface area contributed by atoms with Gasteiger partial charge in [-0.2, -0.15) is 0 Å². The highest BCUT2D eigenvalue weighted by Crippen LogP contribution is 2.26. The van der Waals surface area contributed by atoms with E-state index < -0.39 is 0 Å². The lowest BCUT2D eigenvalue weighted by Crippen LogP contribution is -1.67. The third-order valence-corrected chi connectivity index (χ3v) is 2.18. The highest BCUT2D eigenvalue weighted by Gasteiger charge is 2.03. The van der Waals surface area contributed by atoms with Gasteiger partial charge in [-0.05, 0) is 12.1 Å². The monoisotopic (exact) mass is 259 g/mol. The van der Waals surface area contributed by atoms with Crippen molar-refractivity contribution in [1.29, 1.82) is 0 Å². The van der Waals surface area contributed by atoms with Gasteiger partial charge in [-0.3, -0.25) is 4.98 Å². The lowest BCUT2D eigenvalue weighted by molar-refractivity contribution is 0.667. The molecule has 0 unspecified atom stereocenters. The van der Waals surface area contributed by atoms with Gasteiger partial charge in [0.05, 0.1) is 6.20 Å². The molecule has 1 aromatic carbocycles. The lowest BCUT2D eigenvalue weighted by Gasteiger charge is -1.84. The zero-order valence-corrected chi connectivity index (χ0v) is 12.9. The van der Waals surface area contributed by atoms with E-state index in [1.54, 1.807) is 12.4 Å². The Morgan fingerprint density at radius 3 is 2.00 bits per heavy atom. The SMILES string of the molecule is CC.CC.CC.c1ccc2c(c1)oc1cnccc12. The third kappa shape index (κ3) is 4.09. The lowest BCUT2D eigenvalue weighted by atomic mass is 10.2. The van der Waals surface area contributed by atoms with Crippen LogP contribution in [0.4, 0.5) is 0 Å². The Bertz CT molecular complexity index is 519. The Morgan fingerprint density at radius 2 is 1.32 bits per heavy atom. The number of hydrogen-bond acceptors (Lipinski definition) is 2. The second-order valence-electron chi connectivity index (χ2n) is 2.97. The summed E-state index contributed by atoms with van der Waals surface area (Å²) in [5, 5.41) is 2.28. The second-order valence-corrected chi connectivity index (χ2v) is 2.97. The van der Waals surface area contributed by atoms with Gasteiger partial charge in [-0.25, -0.2) is 0 Å². The quantitative estimate of drug-likeness (QED) is 0.490. The molecule has 0 fully saturated rings. The normalized spacial score (nSPS) is 8.53. The zero-order valence-electron chi connectivity index (χ0n) is 12.9. The maximum atomic E-state index is 5.59. The molecule has 0 radical (unpaired) electrons. The van der Waals surface area contributed by atoms with Crippen LogP contribution in [0.3, 0.4) is 0 Å². The number of nitrogens with zero attached hydrogens (tertiary/aromatic N) is 1. The number of para-hydroxylation sites is 1. The molecule has 2 heterocycles. The van der Waals surface area contributed by atoms with Gasteiger partial charge in [-0.15, -0.1) is 0 Å². The van der Waals surface area contributed by atoms with Crippen LogP contribution in [-0.2, 0) is 0 Å². The Morgan fingerprint density at radius 1 is 0.737 bits per heavy atom. The van der Waals surface area contributed by atoms with Crippen molar-refractivity contribution in [3.8, 4) is 0 Å². The molecule has 0 bridgehead atoms. The Balaban J connectivity index is 0.000000482. The number of hydrogen-bond donors (Lipinski definition) is 0. The molecule has 2 nitrogen and oxygen atoms in total. The van der Waals surface area contributed by atoms with Crippen LogP contribution >= 0.6 is 0 Å². The van der Waals surface area contributed by atoms with Gasteiger partial charge in [0.15, 0.2) is 5.58 Å². The fourth-order valence-corrected chi connectivity index (χ4v) is 1.58. The van der Waals surface area contributed by atoms with Crippen molar-refractivity contribution in [2.75, 3.05) is 0 Å². The van der Waals surface area contributed by atoms with Crippen LogP contribution in [0.1, 0.15) is 41.5 Å². The van der Waals surface area contributed by atoms with E-state index in [0.717, 1.165) is 21.9 Å². The highest BCUT2D eigenvalue weighted by molar-refractivity contribution is 6.04. The van der Waals surface area contributed by atoms with E-state index in [1.807, 2.05) is 65.8 Å². The fraction of sp³-hybridized carbons (Fsp3) is 0.353. The summed E-state index contributed by atoms with van der Waals surface area (Å²) in [6.07, 6.45) is 3.53. The van der Waals surface area contributed by atoms with Crippen molar-refractivity contribution in [1.82, 2.24) is 4.98 Å². The first kappa shape index (κ1) is 17.2. The van der Waals surface area contributed by atoms with Crippen LogP contribution in [0.5, 0.6) is 0 Å². The topological polar surface area (TPSA) is 26.0 Å². The van der Waals surface area contributed by atoms with Crippen molar-refractivity contribution in [2.45, 2.75) is 41.5 Å². The molecular formula is C17H25NO. The number of aromatic nitrogens is 1. The van der Waals surface area contributed by atoms with Crippen LogP contribution in [0.25, 0.3) is 21.9 Å². The van der Waals surface area contributed by atoms with Crippen molar-refractivity contribution >= 4 is 21.9 Å². The van der Waals surface area contributed by atoms with Crippen LogP contribution in [0, 0.1) is 0 Å². The largest absolute Gasteiger partial charge is 0.454 e. The standard InChI is InChI=1S/C11H7NO.3C2H6/c1-2-4-10-8(3-1)9-5-6-12-7-11(9)13-10;3*1-2/h1-7H;3*1-2H3. The molecule has 0 saturated heterocycles. The molecule has 0 aliphatic carbocycles. The summed E-state index contributed by atoms with van der Waals surface area (Å²) >= 11 is 0. The number of pyridine rings is 1. The van der Waals surface area contributed by atoms with Crippen LogP contribution in [-0.4, -0.2) is 4.98 Å². The van der Waals surface area contributed by atoms with E-state index in [9.17, 15) is 0 Å². The molecule has 3 rings (SSSR count). The number of benzene rings is 1. The van der Waals surface area contributed by atoms with Gasteiger partial charge >= 0.3 is 0 Å². The summed E-state index contributed by atoms with van der Waals surface area (Å²) in [5.74, 6) is 0. The van der Waals surface area contributed by atoms with E-state index in [0.29, 0.717) is 0 Å². The summed E-state index contributed by atoms with van der Waals surface area (Å²) in [6.45, 7) is 12.0. The van der Waals surface area contributed by atoms with Crippen LogP contribution in [0.15, 0.2) is 47.1 Å². The molecule has 0 aliphatic heterocycles. The van der Waals surface area contributed by atoms with Crippen molar-refractivity contribution < 1.29 is 4.42 Å². The average molecular weight is 259 g/mol. The summed E-state index contributed by atoms with van der Waals surface area (Å²) in [5.41, 5.74) is 1.77. The summed E-state index contributed by atoms with van der Waals surface area (Å²) < 4.78 is 5.59. The summed E-state index contributed by atoms with van der Waals surface area (Å²) in [4.78, 5) is 4.01. The second kappa shape index (κ2) is 10.1.